The van der Waals surface area contributed by atoms with Crippen LogP contribution in [0.15, 0.2) is 24.3 Å². The zero-order valence-corrected chi connectivity index (χ0v) is 11.3. The van der Waals surface area contributed by atoms with Gasteiger partial charge in [0.1, 0.15) is 0 Å². The van der Waals surface area contributed by atoms with Crippen LogP contribution >= 0.6 is 0 Å². The molecule has 5 heteroatoms. The first-order valence-corrected chi connectivity index (χ1v) is 6.32. The Morgan fingerprint density at radius 3 is 2.26 bits per heavy atom. The Morgan fingerprint density at radius 1 is 1.16 bits per heavy atom. The largest absolute Gasteiger partial charge is 0.416 e. The lowest BCUT2D eigenvalue weighted by atomic mass is 10.00. The van der Waals surface area contributed by atoms with Crippen molar-refractivity contribution in [2.45, 2.75) is 51.6 Å². The van der Waals surface area contributed by atoms with Gasteiger partial charge in [0, 0.05) is 12.1 Å². The van der Waals surface area contributed by atoms with Crippen LogP contribution in [0.1, 0.15) is 44.4 Å². The summed E-state index contributed by atoms with van der Waals surface area (Å²) in [5.74, 6) is 0. The molecule has 0 amide bonds. The van der Waals surface area contributed by atoms with Crippen molar-refractivity contribution >= 4 is 0 Å². The van der Waals surface area contributed by atoms with Gasteiger partial charge in [-0.15, -0.1) is 0 Å². The van der Waals surface area contributed by atoms with E-state index in [-0.39, 0.29) is 11.6 Å². The summed E-state index contributed by atoms with van der Waals surface area (Å²) in [7, 11) is 0. The maximum absolute atomic E-state index is 12.9. The minimum absolute atomic E-state index is 0.0590. The molecule has 3 unspecified atom stereocenters. The highest BCUT2D eigenvalue weighted by Crippen LogP contribution is 2.34. The second-order valence-corrected chi connectivity index (χ2v) is 4.96. The first-order chi connectivity index (χ1) is 8.71. The highest BCUT2D eigenvalue weighted by atomic mass is 19.4. The van der Waals surface area contributed by atoms with Gasteiger partial charge in [-0.2, -0.15) is 13.2 Å². The fourth-order valence-corrected chi connectivity index (χ4v) is 2.23. The van der Waals surface area contributed by atoms with E-state index in [1.807, 2.05) is 6.92 Å². The number of halogens is 3. The summed E-state index contributed by atoms with van der Waals surface area (Å²) in [5, 5.41) is 12.4. The van der Waals surface area contributed by atoms with Crippen LogP contribution in [0.5, 0.6) is 0 Å². The SMILES string of the molecule is CC(O)CC(C)NC(C)c1ccccc1C(F)(F)F. The molecule has 2 nitrogen and oxygen atoms in total. The first kappa shape index (κ1) is 16.0. The smallest absolute Gasteiger partial charge is 0.393 e. The van der Waals surface area contributed by atoms with Crippen LogP contribution in [0, 0.1) is 0 Å². The quantitative estimate of drug-likeness (QED) is 0.861. The second-order valence-electron chi connectivity index (χ2n) is 4.96. The molecule has 0 aromatic heterocycles. The molecular weight excluding hydrogens is 255 g/mol. The third-order valence-corrected chi connectivity index (χ3v) is 2.96. The van der Waals surface area contributed by atoms with Gasteiger partial charge in [0.25, 0.3) is 0 Å². The molecule has 0 aliphatic heterocycles. The number of aliphatic hydroxyl groups is 1. The van der Waals surface area contributed by atoms with Crippen LogP contribution in [0.25, 0.3) is 0 Å². The van der Waals surface area contributed by atoms with Gasteiger partial charge in [0.05, 0.1) is 11.7 Å². The predicted molar refractivity (Wildman–Crippen MR) is 68.8 cm³/mol. The molecule has 1 aromatic carbocycles. The summed E-state index contributed by atoms with van der Waals surface area (Å²) >= 11 is 0. The monoisotopic (exact) mass is 275 g/mol. The lowest BCUT2D eigenvalue weighted by molar-refractivity contribution is -0.138. The maximum Gasteiger partial charge on any atom is 0.416 e. The van der Waals surface area contributed by atoms with Gasteiger partial charge in [-0.3, -0.25) is 0 Å². The molecule has 0 saturated carbocycles. The van der Waals surface area contributed by atoms with Crippen molar-refractivity contribution in [2.75, 3.05) is 0 Å². The van der Waals surface area contributed by atoms with Crippen molar-refractivity contribution in [1.82, 2.24) is 5.32 Å². The average molecular weight is 275 g/mol. The zero-order chi connectivity index (χ0) is 14.6. The molecule has 0 radical (unpaired) electrons. The van der Waals surface area contributed by atoms with Crippen molar-refractivity contribution in [1.29, 1.82) is 0 Å². The minimum atomic E-state index is -4.35. The van der Waals surface area contributed by atoms with Crippen molar-refractivity contribution in [3.63, 3.8) is 0 Å². The lowest BCUT2D eigenvalue weighted by Crippen LogP contribution is -2.32. The molecule has 1 aromatic rings. The van der Waals surface area contributed by atoms with Crippen LogP contribution in [0.4, 0.5) is 13.2 Å². The van der Waals surface area contributed by atoms with Gasteiger partial charge in [0.2, 0.25) is 0 Å². The van der Waals surface area contributed by atoms with Crippen LogP contribution in [-0.2, 0) is 6.18 Å². The molecule has 108 valence electrons. The Labute approximate surface area is 111 Å². The third kappa shape index (κ3) is 4.84. The topological polar surface area (TPSA) is 32.3 Å². The molecule has 0 aliphatic rings. The fourth-order valence-electron chi connectivity index (χ4n) is 2.23. The van der Waals surface area contributed by atoms with E-state index in [9.17, 15) is 18.3 Å². The van der Waals surface area contributed by atoms with Crippen LogP contribution in [0.3, 0.4) is 0 Å². The summed E-state index contributed by atoms with van der Waals surface area (Å²) in [5.41, 5.74) is -0.383. The highest BCUT2D eigenvalue weighted by molar-refractivity contribution is 5.32. The standard InChI is InChI=1S/C14H20F3NO/c1-9(8-10(2)19)18-11(3)12-6-4-5-7-13(12)14(15,16)17/h4-7,9-11,18-19H,8H2,1-3H3. The van der Waals surface area contributed by atoms with E-state index in [2.05, 4.69) is 5.32 Å². The van der Waals surface area contributed by atoms with Gasteiger partial charge in [-0.1, -0.05) is 18.2 Å². The molecule has 0 heterocycles. The van der Waals surface area contributed by atoms with E-state index >= 15 is 0 Å². The van der Waals surface area contributed by atoms with Gasteiger partial charge < -0.3 is 10.4 Å². The van der Waals surface area contributed by atoms with Gasteiger partial charge in [-0.05, 0) is 38.8 Å². The fraction of sp³-hybridized carbons (Fsp3) is 0.571. The Balaban J connectivity index is 2.85. The zero-order valence-electron chi connectivity index (χ0n) is 11.3. The molecule has 0 saturated heterocycles. The molecule has 3 atom stereocenters. The van der Waals surface area contributed by atoms with E-state index < -0.39 is 23.9 Å². The van der Waals surface area contributed by atoms with Gasteiger partial charge in [0.15, 0.2) is 0 Å². The van der Waals surface area contributed by atoms with Crippen LogP contribution < -0.4 is 5.32 Å². The number of benzene rings is 1. The number of hydrogen-bond donors (Lipinski definition) is 2. The first-order valence-electron chi connectivity index (χ1n) is 6.32. The molecule has 0 fully saturated rings. The summed E-state index contributed by atoms with van der Waals surface area (Å²) in [6, 6.07) is 5.07. The Kier molecular flexibility index (Phi) is 5.38. The maximum atomic E-state index is 12.9. The average Bonchev–Trinajstić information content (AvgIpc) is 2.26. The van der Waals surface area contributed by atoms with E-state index in [1.54, 1.807) is 19.9 Å². The molecule has 2 N–H and O–H groups in total. The molecule has 0 bridgehead atoms. The summed E-state index contributed by atoms with van der Waals surface area (Å²) in [6.07, 6.45) is -4.33. The number of nitrogens with one attached hydrogen (secondary N) is 1. The van der Waals surface area contributed by atoms with E-state index in [0.29, 0.717) is 6.42 Å². The summed E-state index contributed by atoms with van der Waals surface area (Å²) in [6.45, 7) is 5.20. The Hall–Kier alpha value is -1.07. The Morgan fingerprint density at radius 2 is 1.74 bits per heavy atom. The van der Waals surface area contributed by atoms with Crippen LogP contribution in [-0.4, -0.2) is 17.3 Å². The molecule has 19 heavy (non-hydrogen) atoms. The second kappa shape index (κ2) is 6.39. The predicted octanol–water partition coefficient (Wildman–Crippen LogP) is 3.52. The van der Waals surface area contributed by atoms with E-state index in [1.165, 1.54) is 12.1 Å². The summed E-state index contributed by atoms with van der Waals surface area (Å²) in [4.78, 5) is 0. The molecule has 1 rings (SSSR count). The van der Waals surface area contributed by atoms with Gasteiger partial charge in [-0.25, -0.2) is 0 Å². The number of rotatable bonds is 5. The molecular formula is C14H20F3NO. The highest BCUT2D eigenvalue weighted by Gasteiger charge is 2.34. The van der Waals surface area contributed by atoms with Crippen molar-refractivity contribution < 1.29 is 18.3 Å². The van der Waals surface area contributed by atoms with Crippen LogP contribution in [0.2, 0.25) is 0 Å². The third-order valence-electron chi connectivity index (χ3n) is 2.96. The number of aliphatic hydroxyl groups excluding tert-OH is 1. The lowest BCUT2D eigenvalue weighted by Gasteiger charge is -2.24. The number of hydrogen-bond acceptors (Lipinski definition) is 2. The van der Waals surface area contributed by atoms with Crippen molar-refractivity contribution in [3.05, 3.63) is 35.4 Å². The van der Waals surface area contributed by atoms with E-state index in [4.69, 9.17) is 0 Å². The number of alkyl halides is 3. The van der Waals surface area contributed by atoms with Crippen molar-refractivity contribution in [2.24, 2.45) is 0 Å². The molecule has 0 aliphatic carbocycles. The summed E-state index contributed by atoms with van der Waals surface area (Å²) < 4.78 is 38.7. The van der Waals surface area contributed by atoms with E-state index in [0.717, 1.165) is 6.07 Å². The Bertz CT molecular complexity index is 404. The molecule has 0 spiro atoms. The van der Waals surface area contributed by atoms with Crippen molar-refractivity contribution in [3.8, 4) is 0 Å². The minimum Gasteiger partial charge on any atom is -0.393 e. The van der Waals surface area contributed by atoms with Gasteiger partial charge >= 0.3 is 6.18 Å². The normalized spacial score (nSPS) is 17.0.